The van der Waals surface area contributed by atoms with Gasteiger partial charge in [0.25, 0.3) is 11.5 Å². The van der Waals surface area contributed by atoms with Crippen molar-refractivity contribution in [3.05, 3.63) is 103 Å². The van der Waals surface area contributed by atoms with Crippen molar-refractivity contribution >= 4 is 51.7 Å². The van der Waals surface area contributed by atoms with Crippen LogP contribution in [0.1, 0.15) is 75.0 Å². The zero-order chi connectivity index (χ0) is 33.5. The first-order chi connectivity index (χ1) is 22.4. The van der Waals surface area contributed by atoms with Gasteiger partial charge in [-0.1, -0.05) is 6.07 Å². The number of aromatic hydroxyl groups is 3. The molecule has 0 fully saturated rings. The molecule has 0 aliphatic heterocycles. The maximum absolute atomic E-state index is 14.1. The molecule has 1 atom stereocenters. The van der Waals surface area contributed by atoms with Crippen LogP contribution in [0.5, 0.6) is 17.2 Å². The number of aryl methyl sites for hydroxylation is 1. The fourth-order valence-corrected chi connectivity index (χ4v) is 6.69. The third-order valence-electron chi connectivity index (χ3n) is 8.80. The zero-order valence-electron chi connectivity index (χ0n) is 24.3. The molecule has 1 amide bonds. The lowest BCUT2D eigenvalue weighted by Gasteiger charge is -2.22. The number of hydrazone groups is 1. The summed E-state index contributed by atoms with van der Waals surface area (Å²) in [7, 11) is 1.12. The molecular formula is C33H22N4O10. The molecule has 0 radical (unpaired) electrons. The van der Waals surface area contributed by atoms with E-state index in [0.717, 1.165) is 13.2 Å². The number of ketones is 4. The van der Waals surface area contributed by atoms with Crippen LogP contribution in [0.2, 0.25) is 0 Å². The van der Waals surface area contributed by atoms with Crippen LogP contribution in [0.3, 0.4) is 0 Å². The lowest BCUT2D eigenvalue weighted by Crippen LogP contribution is -2.36. The van der Waals surface area contributed by atoms with E-state index in [2.05, 4.69) is 15.5 Å². The van der Waals surface area contributed by atoms with Gasteiger partial charge in [0.15, 0.2) is 23.1 Å². The molecule has 0 saturated carbocycles. The van der Waals surface area contributed by atoms with Crippen molar-refractivity contribution in [2.75, 3.05) is 12.8 Å². The van der Waals surface area contributed by atoms with Crippen molar-refractivity contribution in [1.82, 2.24) is 10.4 Å². The monoisotopic (exact) mass is 634 g/mol. The minimum Gasteiger partial charge on any atom is -0.507 e. The van der Waals surface area contributed by atoms with E-state index in [0.29, 0.717) is 16.8 Å². The van der Waals surface area contributed by atoms with Gasteiger partial charge in [0.1, 0.15) is 22.7 Å². The highest BCUT2D eigenvalue weighted by atomic mass is 16.5. The Kier molecular flexibility index (Phi) is 6.18. The molecule has 1 aromatic heterocycles. The van der Waals surface area contributed by atoms with Gasteiger partial charge < -0.3 is 30.8 Å². The number of amides is 1. The van der Waals surface area contributed by atoms with Crippen LogP contribution in [-0.2, 0) is 16.6 Å². The van der Waals surface area contributed by atoms with E-state index >= 15 is 0 Å². The molecule has 1 unspecified atom stereocenters. The number of aromatic amines is 1. The topological polar surface area (TPSA) is 239 Å². The summed E-state index contributed by atoms with van der Waals surface area (Å²) in [5.41, 5.74) is 3.45. The van der Waals surface area contributed by atoms with Gasteiger partial charge in [-0.3, -0.25) is 28.8 Å². The Morgan fingerprint density at radius 3 is 2.28 bits per heavy atom. The van der Waals surface area contributed by atoms with E-state index in [-0.39, 0.29) is 34.9 Å². The molecule has 3 aliphatic rings. The van der Waals surface area contributed by atoms with Crippen LogP contribution >= 0.6 is 0 Å². The van der Waals surface area contributed by atoms with Gasteiger partial charge in [-0.05, 0) is 54.1 Å². The zero-order valence-corrected chi connectivity index (χ0v) is 24.3. The quantitative estimate of drug-likeness (QED) is 0.0625. The number of ether oxygens (including phenoxy) is 1. The average molecular weight is 635 g/mol. The van der Waals surface area contributed by atoms with E-state index in [4.69, 9.17) is 10.5 Å². The van der Waals surface area contributed by atoms with Crippen molar-refractivity contribution in [1.29, 1.82) is 0 Å². The Morgan fingerprint density at radius 1 is 0.957 bits per heavy atom. The summed E-state index contributed by atoms with van der Waals surface area (Å²) in [6.45, 7) is 0. The summed E-state index contributed by atoms with van der Waals surface area (Å²) in [6, 6.07) is 9.12. The van der Waals surface area contributed by atoms with Gasteiger partial charge >= 0.3 is 0 Å². The molecule has 0 saturated heterocycles. The number of Topliss-reactive ketones (excluding diaryl/α,β-unsaturated/α-hetero) is 3. The molecule has 0 bridgehead atoms. The molecule has 3 aliphatic carbocycles. The Labute approximate surface area is 262 Å². The molecule has 7 rings (SSSR count). The van der Waals surface area contributed by atoms with Crippen molar-refractivity contribution in [3.63, 3.8) is 0 Å². The number of allylic oxidation sites excluding steroid dienone is 2. The van der Waals surface area contributed by atoms with Crippen LogP contribution in [0.4, 0.5) is 5.69 Å². The number of pyridine rings is 1. The number of methoxy groups -OCH3 is 1. The van der Waals surface area contributed by atoms with Crippen molar-refractivity contribution in [3.8, 4) is 17.2 Å². The van der Waals surface area contributed by atoms with Gasteiger partial charge in [0.05, 0.1) is 46.7 Å². The number of carbonyl (C=O) groups is 5. The van der Waals surface area contributed by atoms with E-state index in [1.165, 1.54) is 30.5 Å². The summed E-state index contributed by atoms with van der Waals surface area (Å²) in [5, 5.41) is 37.6. The second-order valence-corrected chi connectivity index (χ2v) is 11.3. The number of phenols is 3. The van der Waals surface area contributed by atoms with E-state index in [1.54, 1.807) is 12.1 Å². The predicted octanol–water partition coefficient (Wildman–Crippen LogP) is 2.16. The number of nitrogens with zero attached hydrogens (tertiary/aromatic N) is 1. The number of hydrogen-bond donors (Lipinski definition) is 6. The molecule has 234 valence electrons. The average Bonchev–Trinajstić information content (AvgIpc) is 3.53. The fraction of sp³-hybridized carbons (Fsp3) is 0.121. The summed E-state index contributed by atoms with van der Waals surface area (Å²) in [5.74, 6) is -7.46. The number of hydrogen-bond acceptors (Lipinski definition) is 12. The predicted molar refractivity (Wildman–Crippen MR) is 164 cm³/mol. The van der Waals surface area contributed by atoms with Gasteiger partial charge in [-0.25, -0.2) is 5.43 Å². The molecule has 1 spiro atoms. The normalized spacial score (nSPS) is 18.1. The minimum atomic E-state index is -2.16. The maximum Gasteiger partial charge on any atom is 0.271 e. The summed E-state index contributed by atoms with van der Waals surface area (Å²) < 4.78 is 4.91. The largest absolute Gasteiger partial charge is 0.507 e. The Morgan fingerprint density at radius 2 is 1.62 bits per heavy atom. The number of carbonyl (C=O) groups excluding carboxylic acids is 5. The van der Waals surface area contributed by atoms with Crippen LogP contribution in [0.15, 0.2) is 58.1 Å². The van der Waals surface area contributed by atoms with Crippen LogP contribution in [-0.4, -0.2) is 62.7 Å². The van der Waals surface area contributed by atoms with E-state index < -0.39 is 85.3 Å². The lowest BCUT2D eigenvalue weighted by molar-refractivity contribution is 0.0790. The molecule has 1 heterocycles. The van der Waals surface area contributed by atoms with Crippen LogP contribution < -0.4 is 16.7 Å². The Balaban J connectivity index is 1.30. The molecule has 14 nitrogen and oxygen atoms in total. The number of rotatable bonds is 4. The second-order valence-electron chi connectivity index (χ2n) is 11.3. The maximum atomic E-state index is 14.1. The summed E-state index contributed by atoms with van der Waals surface area (Å²) in [6.07, 6.45) is 1.86. The highest BCUT2D eigenvalue weighted by Gasteiger charge is 2.61. The number of nitrogen functional groups attached to an aromatic ring is 1. The summed E-state index contributed by atoms with van der Waals surface area (Å²) in [4.78, 5) is 82.1. The summed E-state index contributed by atoms with van der Waals surface area (Å²) >= 11 is 0. The molecular weight excluding hydrogens is 612 g/mol. The van der Waals surface area contributed by atoms with E-state index in [9.17, 15) is 44.1 Å². The van der Waals surface area contributed by atoms with Gasteiger partial charge in [-0.15, -0.1) is 0 Å². The Bertz CT molecular complexity index is 2320. The first-order valence-electron chi connectivity index (χ1n) is 14.1. The van der Waals surface area contributed by atoms with Gasteiger partial charge in [0, 0.05) is 22.9 Å². The van der Waals surface area contributed by atoms with Crippen LogP contribution in [0, 0.1) is 0 Å². The van der Waals surface area contributed by atoms with Crippen molar-refractivity contribution in [2.24, 2.45) is 5.10 Å². The highest BCUT2D eigenvalue weighted by molar-refractivity contribution is 6.38. The molecule has 14 heteroatoms. The fourth-order valence-electron chi connectivity index (χ4n) is 6.69. The second kappa shape index (κ2) is 9.97. The number of fused-ring (bicyclic) bond motifs is 5. The third kappa shape index (κ3) is 3.87. The van der Waals surface area contributed by atoms with E-state index in [1.807, 2.05) is 0 Å². The van der Waals surface area contributed by atoms with Crippen LogP contribution in [0.25, 0.3) is 10.8 Å². The number of benzene rings is 3. The number of H-pyrrole nitrogens is 1. The molecule has 47 heavy (non-hydrogen) atoms. The minimum absolute atomic E-state index is 0.0760. The third-order valence-corrected chi connectivity index (χ3v) is 8.80. The van der Waals surface area contributed by atoms with Gasteiger partial charge in [-0.2, -0.15) is 5.10 Å². The first kappa shape index (κ1) is 29.2. The first-order valence-corrected chi connectivity index (χ1v) is 14.1. The number of nitrogens with one attached hydrogen (secondary N) is 2. The van der Waals surface area contributed by atoms with Crippen molar-refractivity contribution in [2.45, 2.75) is 18.3 Å². The van der Waals surface area contributed by atoms with Gasteiger partial charge in [0.2, 0.25) is 5.78 Å². The molecule has 4 aromatic rings. The van der Waals surface area contributed by atoms with Crippen molar-refractivity contribution < 1.29 is 44.0 Å². The molecule has 3 aromatic carbocycles. The Hall–Kier alpha value is -6.57. The highest BCUT2D eigenvalue weighted by Crippen LogP contribution is 2.57. The standard InChI is InChI=1S/C33H22N4O10/c1-47-18-10-17(38)20-21(25(18)39)27(41)23-22(26(20)40)29(43)33(30(23)44)7-6-13-8-14-9-16(36-32(46)19(14)28(42)24(13)33)11-35-37-31(45)12-2-4-15(34)5-3-12/h2-5,8-11,40-42H,6-7,34H2,1H3,(H,36,46)(H,37,45). The molecule has 7 N–H and O–H groups in total. The lowest BCUT2D eigenvalue weighted by atomic mass is 9.76. The number of anilines is 1. The number of nitrogens with two attached hydrogens (primary N) is 1. The SMILES string of the molecule is COC1=CC(=O)c2c(O)c3c(c(O)c2C1=O)C(=O)C1(CCc2cc4cc(C=NNC(=O)c5ccc(N)cc5)[nH]c(=O)c4c(O)c21)C3=O. The number of aromatic nitrogens is 1. The number of phenolic OH excluding ortho intramolecular Hbond substituents is 3. The smallest absolute Gasteiger partial charge is 0.271 e.